The second kappa shape index (κ2) is 8.70. The summed E-state index contributed by atoms with van der Waals surface area (Å²) in [5, 5.41) is 3.03. The molecule has 1 aromatic heterocycles. The molecule has 0 aliphatic rings. The number of anilines is 1. The summed E-state index contributed by atoms with van der Waals surface area (Å²) in [6.45, 7) is 10.6. The van der Waals surface area contributed by atoms with Gasteiger partial charge >= 0.3 is 0 Å². The molecule has 5 heteroatoms. The molecule has 0 saturated carbocycles. The molecule has 0 unspecified atom stereocenters. The van der Waals surface area contributed by atoms with Crippen molar-refractivity contribution in [1.29, 1.82) is 0 Å². The second-order valence-corrected chi connectivity index (χ2v) is 6.91. The SMILES string of the molecule is CCOc1cccn(CC(=O)Nc2c(C(C)C)cccc2C(C)C)c1=O. The van der Waals surface area contributed by atoms with Crippen molar-refractivity contribution in [2.45, 2.75) is 53.0 Å². The number of hydrogen-bond donors (Lipinski definition) is 1. The summed E-state index contributed by atoms with van der Waals surface area (Å²) in [5.41, 5.74) is 2.75. The fourth-order valence-corrected chi connectivity index (χ4v) is 2.93. The van der Waals surface area contributed by atoms with E-state index in [1.165, 1.54) is 4.57 Å². The Bertz CT molecular complexity index is 796. The number of ether oxygens (including phenoxy) is 1. The quantitative estimate of drug-likeness (QED) is 0.811. The number of nitrogens with one attached hydrogen (secondary N) is 1. The highest BCUT2D eigenvalue weighted by atomic mass is 16.5. The Morgan fingerprint density at radius 2 is 1.69 bits per heavy atom. The van der Waals surface area contributed by atoms with Crippen LogP contribution < -0.4 is 15.6 Å². The van der Waals surface area contributed by atoms with E-state index in [2.05, 4.69) is 33.0 Å². The van der Waals surface area contributed by atoms with Crippen LogP contribution in [0.1, 0.15) is 57.6 Å². The number of carbonyl (C=O) groups is 1. The van der Waals surface area contributed by atoms with Gasteiger partial charge in [0.2, 0.25) is 5.91 Å². The van der Waals surface area contributed by atoms with Crippen molar-refractivity contribution in [3.63, 3.8) is 0 Å². The van der Waals surface area contributed by atoms with E-state index in [9.17, 15) is 9.59 Å². The Labute approximate surface area is 155 Å². The summed E-state index contributed by atoms with van der Waals surface area (Å²) in [7, 11) is 0. The average Bonchev–Trinajstić information content (AvgIpc) is 2.58. The number of para-hydroxylation sites is 1. The van der Waals surface area contributed by atoms with Crippen LogP contribution in [0.2, 0.25) is 0 Å². The van der Waals surface area contributed by atoms with Crippen LogP contribution in [0.5, 0.6) is 5.75 Å². The van der Waals surface area contributed by atoms with Crippen molar-refractivity contribution in [2.75, 3.05) is 11.9 Å². The molecule has 0 atom stereocenters. The van der Waals surface area contributed by atoms with Crippen LogP contribution in [0.3, 0.4) is 0 Å². The number of carbonyl (C=O) groups excluding carboxylic acids is 1. The third-order valence-electron chi connectivity index (χ3n) is 4.24. The average molecular weight is 356 g/mol. The van der Waals surface area contributed by atoms with E-state index in [1.54, 1.807) is 18.3 Å². The molecule has 0 saturated heterocycles. The van der Waals surface area contributed by atoms with Crippen molar-refractivity contribution >= 4 is 11.6 Å². The predicted molar refractivity (Wildman–Crippen MR) is 105 cm³/mol. The van der Waals surface area contributed by atoms with Crippen LogP contribution >= 0.6 is 0 Å². The van der Waals surface area contributed by atoms with Crippen molar-refractivity contribution in [2.24, 2.45) is 0 Å². The topological polar surface area (TPSA) is 60.3 Å². The minimum absolute atomic E-state index is 0.0519. The summed E-state index contributed by atoms with van der Waals surface area (Å²) in [6, 6.07) is 9.42. The van der Waals surface area contributed by atoms with Crippen molar-refractivity contribution in [3.8, 4) is 5.75 Å². The summed E-state index contributed by atoms with van der Waals surface area (Å²) in [5.74, 6) is 0.602. The number of aromatic nitrogens is 1. The molecule has 140 valence electrons. The van der Waals surface area contributed by atoms with Gasteiger partial charge in [0.05, 0.1) is 6.61 Å². The number of benzene rings is 1. The standard InChI is InChI=1S/C21H28N2O3/c1-6-26-18-11-8-12-23(21(18)25)13-19(24)22-20-16(14(2)3)9-7-10-17(20)15(4)5/h7-12,14-15H,6,13H2,1-5H3,(H,22,24). The monoisotopic (exact) mass is 356 g/mol. The first-order chi connectivity index (χ1) is 12.3. The van der Waals surface area contributed by atoms with E-state index in [0.717, 1.165) is 16.8 Å². The van der Waals surface area contributed by atoms with E-state index in [1.807, 2.05) is 25.1 Å². The molecule has 0 aliphatic heterocycles. The zero-order chi connectivity index (χ0) is 19.3. The highest BCUT2D eigenvalue weighted by Crippen LogP contribution is 2.32. The Kier molecular flexibility index (Phi) is 6.61. The van der Waals surface area contributed by atoms with Gasteiger partial charge in [-0.05, 0) is 42.0 Å². The predicted octanol–water partition coefficient (Wildman–Crippen LogP) is 4.13. The normalized spacial score (nSPS) is 11.0. The van der Waals surface area contributed by atoms with Crippen LogP contribution in [0.4, 0.5) is 5.69 Å². The molecule has 0 radical (unpaired) electrons. The molecule has 0 fully saturated rings. The van der Waals surface area contributed by atoms with Gasteiger partial charge in [0, 0.05) is 11.9 Å². The minimum atomic E-state index is -0.300. The number of nitrogens with zero attached hydrogens (tertiary/aromatic N) is 1. The largest absolute Gasteiger partial charge is 0.488 e. The number of amides is 1. The van der Waals surface area contributed by atoms with Crippen LogP contribution in [0.25, 0.3) is 0 Å². The van der Waals surface area contributed by atoms with E-state index < -0.39 is 0 Å². The maximum atomic E-state index is 12.6. The van der Waals surface area contributed by atoms with Crippen molar-refractivity contribution in [3.05, 3.63) is 58.0 Å². The van der Waals surface area contributed by atoms with Gasteiger partial charge in [0.1, 0.15) is 6.54 Å². The smallest absolute Gasteiger partial charge is 0.293 e. The highest BCUT2D eigenvalue weighted by Gasteiger charge is 2.16. The van der Waals surface area contributed by atoms with Gasteiger partial charge in [-0.1, -0.05) is 45.9 Å². The van der Waals surface area contributed by atoms with Crippen molar-refractivity contribution < 1.29 is 9.53 Å². The lowest BCUT2D eigenvalue weighted by Crippen LogP contribution is -2.28. The molecular formula is C21H28N2O3. The lowest BCUT2D eigenvalue weighted by Gasteiger charge is -2.20. The maximum Gasteiger partial charge on any atom is 0.293 e. The molecule has 0 spiro atoms. The van der Waals surface area contributed by atoms with E-state index in [0.29, 0.717) is 6.61 Å². The number of pyridine rings is 1. The molecule has 0 bridgehead atoms. The Morgan fingerprint density at radius 3 is 2.23 bits per heavy atom. The first kappa shape index (κ1) is 19.8. The lowest BCUT2D eigenvalue weighted by atomic mass is 9.92. The zero-order valence-corrected chi connectivity index (χ0v) is 16.2. The van der Waals surface area contributed by atoms with E-state index in [4.69, 9.17) is 4.74 Å². The van der Waals surface area contributed by atoms with Gasteiger partial charge in [0.15, 0.2) is 5.75 Å². The lowest BCUT2D eigenvalue weighted by molar-refractivity contribution is -0.116. The minimum Gasteiger partial charge on any atom is -0.488 e. The summed E-state index contributed by atoms with van der Waals surface area (Å²) >= 11 is 0. The molecule has 1 N–H and O–H groups in total. The molecular weight excluding hydrogens is 328 g/mol. The van der Waals surface area contributed by atoms with Gasteiger partial charge in [0.25, 0.3) is 5.56 Å². The van der Waals surface area contributed by atoms with Crippen LogP contribution in [0, 0.1) is 0 Å². The van der Waals surface area contributed by atoms with Gasteiger partial charge in [-0.3, -0.25) is 9.59 Å². The molecule has 1 heterocycles. The third-order valence-corrected chi connectivity index (χ3v) is 4.24. The van der Waals surface area contributed by atoms with Crippen LogP contribution in [-0.2, 0) is 11.3 Å². The second-order valence-electron chi connectivity index (χ2n) is 6.91. The van der Waals surface area contributed by atoms with Crippen molar-refractivity contribution in [1.82, 2.24) is 4.57 Å². The molecule has 0 aliphatic carbocycles. The maximum absolute atomic E-state index is 12.6. The first-order valence-electron chi connectivity index (χ1n) is 9.10. The number of hydrogen-bond acceptors (Lipinski definition) is 3. The highest BCUT2D eigenvalue weighted by molar-refractivity contribution is 5.92. The van der Waals surface area contributed by atoms with Gasteiger partial charge in [-0.25, -0.2) is 0 Å². The molecule has 5 nitrogen and oxygen atoms in total. The van der Waals surface area contributed by atoms with Gasteiger partial charge in [-0.15, -0.1) is 0 Å². The molecule has 26 heavy (non-hydrogen) atoms. The summed E-state index contributed by atoms with van der Waals surface area (Å²) in [4.78, 5) is 25.0. The fourth-order valence-electron chi connectivity index (χ4n) is 2.93. The molecule has 2 aromatic rings. The van der Waals surface area contributed by atoms with Gasteiger partial charge < -0.3 is 14.6 Å². The van der Waals surface area contributed by atoms with Crippen LogP contribution in [-0.4, -0.2) is 17.1 Å². The number of rotatable bonds is 7. The Morgan fingerprint density at radius 1 is 1.08 bits per heavy atom. The van der Waals surface area contributed by atoms with E-state index in [-0.39, 0.29) is 35.6 Å². The summed E-state index contributed by atoms with van der Waals surface area (Å²) in [6.07, 6.45) is 1.60. The van der Waals surface area contributed by atoms with Crippen LogP contribution in [0.15, 0.2) is 41.3 Å². The molecule has 1 amide bonds. The van der Waals surface area contributed by atoms with E-state index >= 15 is 0 Å². The fraction of sp³-hybridized carbons (Fsp3) is 0.429. The zero-order valence-electron chi connectivity index (χ0n) is 16.2. The Hall–Kier alpha value is -2.56. The summed E-state index contributed by atoms with van der Waals surface area (Å²) < 4.78 is 6.68. The molecule has 2 rings (SSSR count). The Balaban J connectivity index is 2.29. The molecule has 1 aromatic carbocycles. The first-order valence-corrected chi connectivity index (χ1v) is 9.10. The third kappa shape index (κ3) is 4.54. The van der Waals surface area contributed by atoms with Gasteiger partial charge in [-0.2, -0.15) is 0 Å².